The lowest BCUT2D eigenvalue weighted by Crippen LogP contribution is -2.23. The molecule has 0 spiro atoms. The van der Waals surface area contributed by atoms with E-state index in [0.717, 1.165) is 29.7 Å². The second-order valence-corrected chi connectivity index (χ2v) is 8.94. The fourth-order valence-corrected chi connectivity index (χ4v) is 5.13. The van der Waals surface area contributed by atoms with Crippen LogP contribution >= 0.6 is 23.1 Å². The molecule has 3 rings (SSSR count). The maximum atomic E-state index is 12.7. The molecule has 0 fully saturated rings. The normalized spacial score (nSPS) is 17.2. The predicted molar refractivity (Wildman–Crippen MR) is 106 cm³/mol. The van der Waals surface area contributed by atoms with Crippen LogP contribution in [0.3, 0.4) is 0 Å². The van der Waals surface area contributed by atoms with E-state index >= 15 is 0 Å². The molecule has 10 heteroatoms. The van der Waals surface area contributed by atoms with E-state index in [9.17, 15) is 9.59 Å². The summed E-state index contributed by atoms with van der Waals surface area (Å²) in [6.07, 6.45) is 2.78. The van der Waals surface area contributed by atoms with Crippen LogP contribution in [0.4, 0.5) is 10.9 Å². The van der Waals surface area contributed by atoms with Crippen molar-refractivity contribution in [1.82, 2.24) is 15.2 Å². The molecule has 0 unspecified atom stereocenters. The van der Waals surface area contributed by atoms with Crippen molar-refractivity contribution in [2.75, 3.05) is 17.7 Å². The third-order valence-electron chi connectivity index (χ3n) is 4.36. The summed E-state index contributed by atoms with van der Waals surface area (Å²) in [6.45, 7) is 6.03. The van der Waals surface area contributed by atoms with Gasteiger partial charge >= 0.3 is 5.97 Å². The van der Waals surface area contributed by atoms with Crippen LogP contribution in [0, 0.1) is 5.92 Å². The zero-order chi connectivity index (χ0) is 19.6. The van der Waals surface area contributed by atoms with Crippen molar-refractivity contribution in [3.8, 4) is 0 Å². The van der Waals surface area contributed by atoms with Crippen molar-refractivity contribution in [3.05, 3.63) is 16.0 Å². The molecular formula is C17H23N5O3S2. The number of fused-ring (bicyclic) bond motifs is 1. The first-order valence-corrected chi connectivity index (χ1v) is 10.6. The third kappa shape index (κ3) is 4.44. The number of hydrogen-bond donors (Lipinski definition) is 3. The Morgan fingerprint density at radius 3 is 2.96 bits per heavy atom. The number of ether oxygens (including phenoxy) is 1. The fourth-order valence-electron chi connectivity index (χ4n) is 2.99. The quantitative estimate of drug-likeness (QED) is 0.495. The number of nitrogens with zero attached hydrogens (tertiary/aromatic N) is 2. The zero-order valence-electron chi connectivity index (χ0n) is 15.5. The van der Waals surface area contributed by atoms with Gasteiger partial charge in [0.05, 0.1) is 17.4 Å². The number of nitrogen functional groups attached to an aromatic ring is 1. The van der Waals surface area contributed by atoms with E-state index in [0.29, 0.717) is 28.2 Å². The van der Waals surface area contributed by atoms with E-state index in [4.69, 9.17) is 10.5 Å². The van der Waals surface area contributed by atoms with Gasteiger partial charge in [0.2, 0.25) is 17.0 Å². The summed E-state index contributed by atoms with van der Waals surface area (Å²) in [5.41, 5.74) is 7.04. The molecule has 27 heavy (non-hydrogen) atoms. The van der Waals surface area contributed by atoms with Crippen LogP contribution in [0.25, 0.3) is 0 Å². The van der Waals surface area contributed by atoms with Crippen LogP contribution in [0.2, 0.25) is 0 Å². The Hall–Kier alpha value is -2.07. The minimum absolute atomic E-state index is 0.203. The van der Waals surface area contributed by atoms with Crippen LogP contribution in [-0.4, -0.2) is 38.9 Å². The van der Waals surface area contributed by atoms with Crippen molar-refractivity contribution in [3.63, 3.8) is 0 Å². The molecular weight excluding hydrogens is 386 g/mol. The molecule has 2 atom stereocenters. The summed E-state index contributed by atoms with van der Waals surface area (Å²) in [5.74, 6) is 0.178. The number of thioether (sulfide) groups is 1. The first kappa shape index (κ1) is 19.7. The molecule has 146 valence electrons. The standard InChI is InChI=1S/C17H23N5O3S2/c1-4-25-15(24)12-10-6-5-8(2)7-11(10)27-14(12)19-13(23)9(3)26-17-20-16(18)21-22-17/h8-9H,4-7H2,1-3H3,(H,19,23)(H3,18,20,21,22)/t8-,9+/m0/s1. The number of hydrogen-bond acceptors (Lipinski definition) is 8. The Kier molecular flexibility index (Phi) is 6.05. The van der Waals surface area contributed by atoms with Gasteiger partial charge in [-0.2, -0.15) is 4.98 Å². The summed E-state index contributed by atoms with van der Waals surface area (Å²) in [7, 11) is 0. The van der Waals surface area contributed by atoms with Gasteiger partial charge in [-0.1, -0.05) is 18.7 Å². The Labute approximate surface area is 165 Å². The fraction of sp³-hybridized carbons (Fsp3) is 0.529. The first-order valence-electron chi connectivity index (χ1n) is 8.86. The summed E-state index contributed by atoms with van der Waals surface area (Å²) in [6, 6.07) is 0. The number of amides is 1. The number of carbonyl (C=O) groups excluding carboxylic acids is 2. The molecule has 0 bridgehead atoms. The lowest BCUT2D eigenvalue weighted by atomic mass is 9.88. The van der Waals surface area contributed by atoms with Gasteiger partial charge in [0.1, 0.15) is 5.00 Å². The SMILES string of the molecule is CCOC(=O)c1c(NC(=O)[C@@H](C)Sc2n[nH]c(N)n2)sc2c1CC[C@H](C)C2. The van der Waals surface area contributed by atoms with Crippen LogP contribution in [0.15, 0.2) is 5.16 Å². The smallest absolute Gasteiger partial charge is 0.341 e. The Morgan fingerprint density at radius 1 is 1.52 bits per heavy atom. The van der Waals surface area contributed by atoms with Gasteiger partial charge in [0, 0.05) is 4.88 Å². The van der Waals surface area contributed by atoms with Crippen LogP contribution in [-0.2, 0) is 22.4 Å². The highest BCUT2D eigenvalue weighted by Crippen LogP contribution is 2.40. The van der Waals surface area contributed by atoms with Gasteiger partial charge in [0.25, 0.3) is 0 Å². The van der Waals surface area contributed by atoms with Gasteiger partial charge in [-0.15, -0.1) is 16.4 Å². The minimum atomic E-state index is -0.451. The van der Waals surface area contributed by atoms with Gasteiger partial charge in [-0.05, 0) is 44.6 Å². The van der Waals surface area contributed by atoms with Crippen molar-refractivity contribution in [2.45, 2.75) is 50.4 Å². The van der Waals surface area contributed by atoms with E-state index in [1.165, 1.54) is 23.1 Å². The Bertz CT molecular complexity index is 848. The molecule has 2 aromatic heterocycles. The zero-order valence-corrected chi connectivity index (χ0v) is 17.1. The van der Waals surface area contributed by atoms with E-state index < -0.39 is 5.25 Å². The number of aromatic amines is 1. The number of anilines is 2. The summed E-state index contributed by atoms with van der Waals surface area (Å²) >= 11 is 2.67. The van der Waals surface area contributed by atoms with Crippen molar-refractivity contribution >= 4 is 45.9 Å². The maximum Gasteiger partial charge on any atom is 0.341 e. The minimum Gasteiger partial charge on any atom is -0.462 e. The lowest BCUT2D eigenvalue weighted by molar-refractivity contribution is -0.115. The number of nitrogens with two attached hydrogens (primary N) is 1. The maximum absolute atomic E-state index is 12.7. The summed E-state index contributed by atoms with van der Waals surface area (Å²) in [5, 5.41) is 9.90. The van der Waals surface area contributed by atoms with Crippen LogP contribution in [0.5, 0.6) is 0 Å². The molecule has 1 amide bonds. The van der Waals surface area contributed by atoms with Gasteiger partial charge in [0.15, 0.2) is 0 Å². The molecule has 0 aliphatic heterocycles. The number of H-pyrrole nitrogens is 1. The van der Waals surface area contributed by atoms with Crippen molar-refractivity contribution in [1.29, 1.82) is 0 Å². The molecule has 8 nitrogen and oxygen atoms in total. The number of thiophene rings is 1. The molecule has 0 aromatic carbocycles. The van der Waals surface area contributed by atoms with Gasteiger partial charge in [-0.25, -0.2) is 9.89 Å². The topological polar surface area (TPSA) is 123 Å². The van der Waals surface area contributed by atoms with Gasteiger partial charge in [-0.3, -0.25) is 4.79 Å². The number of carbonyl (C=O) groups is 2. The first-order chi connectivity index (χ1) is 12.9. The largest absolute Gasteiger partial charge is 0.462 e. The molecule has 1 aliphatic carbocycles. The second-order valence-electron chi connectivity index (χ2n) is 6.53. The van der Waals surface area contributed by atoms with Gasteiger partial charge < -0.3 is 15.8 Å². The summed E-state index contributed by atoms with van der Waals surface area (Å²) < 4.78 is 5.23. The molecule has 2 aromatic rings. The Morgan fingerprint density at radius 2 is 2.30 bits per heavy atom. The number of rotatable bonds is 6. The number of aromatic nitrogens is 3. The molecule has 2 heterocycles. The molecule has 4 N–H and O–H groups in total. The third-order valence-corrected chi connectivity index (χ3v) is 6.49. The van der Waals surface area contributed by atoms with E-state index in [2.05, 4.69) is 27.4 Å². The lowest BCUT2D eigenvalue weighted by Gasteiger charge is -2.18. The van der Waals surface area contributed by atoms with E-state index in [-0.39, 0.29) is 17.8 Å². The number of nitrogens with one attached hydrogen (secondary N) is 2. The highest BCUT2D eigenvalue weighted by atomic mass is 32.2. The van der Waals surface area contributed by atoms with Crippen LogP contribution < -0.4 is 11.1 Å². The molecule has 0 radical (unpaired) electrons. The highest BCUT2D eigenvalue weighted by molar-refractivity contribution is 8.00. The monoisotopic (exact) mass is 409 g/mol. The molecule has 0 saturated carbocycles. The summed E-state index contributed by atoms with van der Waals surface area (Å²) in [4.78, 5) is 30.3. The molecule has 0 saturated heterocycles. The van der Waals surface area contributed by atoms with E-state index in [1.54, 1.807) is 13.8 Å². The Balaban J connectivity index is 1.80. The van der Waals surface area contributed by atoms with Crippen molar-refractivity contribution < 1.29 is 14.3 Å². The highest BCUT2D eigenvalue weighted by Gasteiger charge is 2.30. The molecule has 1 aliphatic rings. The van der Waals surface area contributed by atoms with E-state index in [1.807, 2.05) is 0 Å². The van der Waals surface area contributed by atoms with Crippen LogP contribution in [0.1, 0.15) is 48.0 Å². The van der Waals surface area contributed by atoms with Crippen molar-refractivity contribution in [2.24, 2.45) is 5.92 Å². The second kappa shape index (κ2) is 8.30. The average molecular weight is 410 g/mol. The average Bonchev–Trinajstić information content (AvgIpc) is 3.17. The predicted octanol–water partition coefficient (Wildman–Crippen LogP) is 2.87. The number of esters is 1.